The molecule has 1 amide bonds. The number of anilines is 1. The van der Waals surface area contributed by atoms with Crippen LogP contribution in [0.3, 0.4) is 0 Å². The van der Waals surface area contributed by atoms with Gasteiger partial charge in [0, 0.05) is 17.0 Å². The minimum absolute atomic E-state index is 0.0824. The first-order valence-corrected chi connectivity index (χ1v) is 8.91. The van der Waals surface area contributed by atoms with Crippen LogP contribution in [0.25, 0.3) is 0 Å². The Balaban J connectivity index is 1.64. The predicted octanol–water partition coefficient (Wildman–Crippen LogP) is 5.39. The highest BCUT2D eigenvalue weighted by molar-refractivity contribution is 7.98. The van der Waals surface area contributed by atoms with Gasteiger partial charge in [0.15, 0.2) is 5.76 Å². The number of nitrogens with one attached hydrogen (secondary N) is 1. The summed E-state index contributed by atoms with van der Waals surface area (Å²) in [5.41, 5.74) is 0.130. The largest absolute Gasteiger partial charge is 0.455 e. The Labute approximate surface area is 158 Å². The molecule has 132 valence electrons. The van der Waals surface area contributed by atoms with Gasteiger partial charge in [-0.2, -0.15) is 0 Å². The molecule has 0 aliphatic heterocycles. The van der Waals surface area contributed by atoms with Crippen LogP contribution in [0.4, 0.5) is 11.4 Å². The number of nitrogens with zero attached hydrogens (tertiary/aromatic N) is 1. The molecule has 6 nitrogen and oxygen atoms in total. The molecular formula is C18H13ClN2O4S. The number of nitro groups is 1. The standard InChI is InChI=1S/C18H13ClN2O4S/c19-15-10-12(21(23)24)6-8-16(15)20-18(22)17-9-7-13(25-17)11-26-14-4-2-1-3-5-14/h1-10H,11H2,(H,20,22). The summed E-state index contributed by atoms with van der Waals surface area (Å²) < 4.78 is 5.56. The molecule has 0 bridgehead atoms. The number of carbonyl (C=O) groups excluding carboxylic acids is 1. The van der Waals surface area contributed by atoms with Crippen LogP contribution >= 0.6 is 23.4 Å². The second-order valence-corrected chi connectivity index (χ2v) is 6.70. The molecule has 3 aromatic rings. The van der Waals surface area contributed by atoms with Gasteiger partial charge in [0.05, 0.1) is 21.4 Å². The maximum Gasteiger partial charge on any atom is 0.291 e. The van der Waals surface area contributed by atoms with Crippen LogP contribution in [0.2, 0.25) is 5.02 Å². The van der Waals surface area contributed by atoms with Gasteiger partial charge in [-0.05, 0) is 30.3 Å². The van der Waals surface area contributed by atoms with E-state index in [1.165, 1.54) is 18.2 Å². The molecular weight excluding hydrogens is 376 g/mol. The van der Waals surface area contributed by atoms with E-state index in [-0.39, 0.29) is 22.2 Å². The Hall–Kier alpha value is -2.77. The van der Waals surface area contributed by atoms with Crippen LogP contribution in [0.5, 0.6) is 0 Å². The summed E-state index contributed by atoms with van der Waals surface area (Å²) in [6.07, 6.45) is 0. The topological polar surface area (TPSA) is 85.4 Å². The molecule has 1 heterocycles. The normalized spacial score (nSPS) is 10.5. The summed E-state index contributed by atoms with van der Waals surface area (Å²) in [6, 6.07) is 17.0. The highest BCUT2D eigenvalue weighted by Gasteiger charge is 2.15. The number of rotatable bonds is 6. The highest BCUT2D eigenvalue weighted by Crippen LogP contribution is 2.28. The Morgan fingerprint density at radius 2 is 1.92 bits per heavy atom. The van der Waals surface area contributed by atoms with Crippen molar-refractivity contribution in [3.8, 4) is 0 Å². The van der Waals surface area contributed by atoms with Crippen LogP contribution in [-0.2, 0) is 5.75 Å². The smallest absolute Gasteiger partial charge is 0.291 e. The number of amides is 1. The van der Waals surface area contributed by atoms with Crippen molar-refractivity contribution in [2.24, 2.45) is 0 Å². The van der Waals surface area contributed by atoms with Crippen LogP contribution in [0.1, 0.15) is 16.3 Å². The third-order valence-corrected chi connectivity index (χ3v) is 4.77. The van der Waals surface area contributed by atoms with E-state index in [0.29, 0.717) is 11.5 Å². The average molecular weight is 389 g/mol. The van der Waals surface area contributed by atoms with E-state index in [0.717, 1.165) is 4.90 Å². The number of nitro benzene ring substituents is 1. The van der Waals surface area contributed by atoms with Crippen molar-refractivity contribution < 1.29 is 14.1 Å². The number of carbonyl (C=O) groups is 1. The number of benzene rings is 2. The fourth-order valence-electron chi connectivity index (χ4n) is 2.15. The minimum atomic E-state index is -0.555. The molecule has 26 heavy (non-hydrogen) atoms. The Kier molecular flexibility index (Phi) is 5.60. The quantitative estimate of drug-likeness (QED) is 0.348. The van der Waals surface area contributed by atoms with E-state index < -0.39 is 10.8 Å². The lowest BCUT2D eigenvalue weighted by Crippen LogP contribution is -2.11. The number of hydrogen-bond acceptors (Lipinski definition) is 5. The molecule has 0 unspecified atom stereocenters. The molecule has 0 atom stereocenters. The Morgan fingerprint density at radius 1 is 1.15 bits per heavy atom. The first-order valence-electron chi connectivity index (χ1n) is 7.55. The molecule has 2 aromatic carbocycles. The van der Waals surface area contributed by atoms with Gasteiger partial charge in [-0.1, -0.05) is 29.8 Å². The van der Waals surface area contributed by atoms with E-state index in [1.807, 2.05) is 30.3 Å². The predicted molar refractivity (Wildman–Crippen MR) is 101 cm³/mol. The summed E-state index contributed by atoms with van der Waals surface area (Å²) in [5, 5.41) is 13.4. The second-order valence-electron chi connectivity index (χ2n) is 5.24. The first kappa shape index (κ1) is 18.0. The number of non-ortho nitro benzene ring substituents is 1. The van der Waals surface area contributed by atoms with E-state index in [2.05, 4.69) is 5.32 Å². The molecule has 0 aliphatic rings. The fourth-order valence-corrected chi connectivity index (χ4v) is 3.19. The zero-order valence-electron chi connectivity index (χ0n) is 13.3. The molecule has 1 N–H and O–H groups in total. The molecule has 3 rings (SSSR count). The van der Waals surface area contributed by atoms with Gasteiger partial charge in [0.1, 0.15) is 5.76 Å². The van der Waals surface area contributed by atoms with E-state index in [1.54, 1.807) is 23.9 Å². The number of furan rings is 1. The zero-order valence-corrected chi connectivity index (χ0v) is 14.9. The molecule has 1 aromatic heterocycles. The average Bonchev–Trinajstić information content (AvgIpc) is 3.11. The van der Waals surface area contributed by atoms with Gasteiger partial charge in [-0.15, -0.1) is 11.8 Å². The van der Waals surface area contributed by atoms with Gasteiger partial charge in [0.25, 0.3) is 11.6 Å². The van der Waals surface area contributed by atoms with Crippen LogP contribution in [0.15, 0.2) is 70.0 Å². The minimum Gasteiger partial charge on any atom is -0.455 e. The van der Waals surface area contributed by atoms with Gasteiger partial charge in [0.2, 0.25) is 0 Å². The SMILES string of the molecule is O=C(Nc1ccc([N+](=O)[O-])cc1Cl)c1ccc(CSc2ccccc2)o1. The lowest BCUT2D eigenvalue weighted by atomic mass is 10.2. The van der Waals surface area contributed by atoms with Crippen molar-refractivity contribution in [1.82, 2.24) is 0 Å². The van der Waals surface area contributed by atoms with Gasteiger partial charge >= 0.3 is 0 Å². The van der Waals surface area contributed by atoms with E-state index in [9.17, 15) is 14.9 Å². The van der Waals surface area contributed by atoms with Crippen LogP contribution < -0.4 is 5.32 Å². The van der Waals surface area contributed by atoms with Crippen molar-refractivity contribution in [3.63, 3.8) is 0 Å². The third kappa shape index (κ3) is 4.44. The van der Waals surface area contributed by atoms with Gasteiger partial charge in [-0.25, -0.2) is 0 Å². The molecule has 0 saturated carbocycles. The Morgan fingerprint density at radius 3 is 2.62 bits per heavy atom. The highest BCUT2D eigenvalue weighted by atomic mass is 35.5. The summed E-state index contributed by atoms with van der Waals surface area (Å²) >= 11 is 7.57. The molecule has 0 aliphatic carbocycles. The van der Waals surface area contributed by atoms with Crippen LogP contribution in [-0.4, -0.2) is 10.8 Å². The first-order chi connectivity index (χ1) is 12.5. The van der Waals surface area contributed by atoms with Crippen LogP contribution in [0, 0.1) is 10.1 Å². The molecule has 8 heteroatoms. The van der Waals surface area contributed by atoms with Crippen molar-refractivity contribution in [2.45, 2.75) is 10.6 Å². The monoisotopic (exact) mass is 388 g/mol. The van der Waals surface area contributed by atoms with Crippen molar-refractivity contribution >= 4 is 40.6 Å². The third-order valence-electron chi connectivity index (χ3n) is 3.42. The molecule has 0 spiro atoms. The van der Waals surface area contributed by atoms with Gasteiger partial charge in [-0.3, -0.25) is 14.9 Å². The molecule has 0 saturated heterocycles. The van der Waals surface area contributed by atoms with E-state index >= 15 is 0 Å². The maximum atomic E-state index is 12.3. The molecule has 0 fully saturated rings. The summed E-state index contributed by atoms with van der Waals surface area (Å²) in [6.45, 7) is 0. The number of halogens is 1. The van der Waals surface area contributed by atoms with E-state index in [4.69, 9.17) is 16.0 Å². The number of hydrogen-bond donors (Lipinski definition) is 1. The Bertz CT molecular complexity index is 943. The zero-order chi connectivity index (χ0) is 18.5. The lowest BCUT2D eigenvalue weighted by molar-refractivity contribution is -0.384. The number of thioether (sulfide) groups is 1. The second kappa shape index (κ2) is 8.07. The van der Waals surface area contributed by atoms with Crippen molar-refractivity contribution in [2.75, 3.05) is 5.32 Å². The summed E-state index contributed by atoms with van der Waals surface area (Å²) in [4.78, 5) is 23.5. The lowest BCUT2D eigenvalue weighted by Gasteiger charge is -2.05. The maximum absolute atomic E-state index is 12.3. The van der Waals surface area contributed by atoms with Crippen molar-refractivity contribution in [3.05, 3.63) is 87.3 Å². The summed E-state index contributed by atoms with van der Waals surface area (Å²) in [7, 11) is 0. The summed E-state index contributed by atoms with van der Waals surface area (Å²) in [5.74, 6) is 0.925. The van der Waals surface area contributed by atoms with Gasteiger partial charge < -0.3 is 9.73 Å². The molecule has 0 radical (unpaired) electrons. The fraction of sp³-hybridized carbons (Fsp3) is 0.0556. The van der Waals surface area contributed by atoms with Crippen molar-refractivity contribution in [1.29, 1.82) is 0 Å².